The Morgan fingerprint density at radius 2 is 1.71 bits per heavy atom. The van der Waals surface area contributed by atoms with E-state index in [-0.39, 0.29) is 18.0 Å². The van der Waals surface area contributed by atoms with Crippen molar-refractivity contribution in [3.63, 3.8) is 0 Å². The molecule has 0 aromatic carbocycles. The Balaban J connectivity index is 3.81. The van der Waals surface area contributed by atoms with Gasteiger partial charge in [0.05, 0.1) is 6.54 Å². The quantitative estimate of drug-likeness (QED) is 0.616. The molecule has 4 heteroatoms. The molecule has 0 aliphatic heterocycles. The number of amides is 1. The maximum atomic E-state index is 12.0. The van der Waals surface area contributed by atoms with Crippen LogP contribution in [0, 0.1) is 11.8 Å². The van der Waals surface area contributed by atoms with E-state index in [9.17, 15) is 4.79 Å². The van der Waals surface area contributed by atoms with Gasteiger partial charge in [-0.05, 0) is 45.2 Å². The number of carbonyl (C=O) groups is 1. The number of nitrogens with two attached hydrogens (primary N) is 1. The predicted octanol–water partition coefficient (Wildman–Crippen LogP) is 2.62. The molecular formula is C17H37N3O. The molecule has 0 spiro atoms. The Labute approximate surface area is 131 Å². The minimum Gasteiger partial charge on any atom is -0.353 e. The Kier molecular flexibility index (Phi) is 10.7. The van der Waals surface area contributed by atoms with E-state index in [1.807, 2.05) is 7.05 Å². The molecule has 0 saturated carbocycles. The topological polar surface area (TPSA) is 58.4 Å². The van der Waals surface area contributed by atoms with Crippen LogP contribution in [0.4, 0.5) is 0 Å². The summed E-state index contributed by atoms with van der Waals surface area (Å²) in [6.07, 6.45) is 4.41. The Morgan fingerprint density at radius 3 is 2.24 bits per heavy atom. The molecule has 3 N–H and O–H groups in total. The van der Waals surface area contributed by atoms with Crippen LogP contribution in [0.5, 0.6) is 0 Å². The normalized spacial score (nSPS) is 14.8. The van der Waals surface area contributed by atoms with Crippen LogP contribution < -0.4 is 11.1 Å². The summed E-state index contributed by atoms with van der Waals surface area (Å²) in [4.78, 5) is 14.0. The smallest absolute Gasteiger partial charge is 0.234 e. The van der Waals surface area contributed by atoms with Gasteiger partial charge in [-0.3, -0.25) is 9.69 Å². The number of nitrogens with zero attached hydrogens (tertiary/aromatic N) is 1. The molecule has 21 heavy (non-hydrogen) atoms. The minimum atomic E-state index is 0.118. The molecule has 0 aliphatic carbocycles. The molecule has 0 heterocycles. The fourth-order valence-corrected chi connectivity index (χ4v) is 2.25. The Morgan fingerprint density at radius 1 is 1.10 bits per heavy atom. The highest BCUT2D eigenvalue weighted by molar-refractivity contribution is 5.78. The number of carbonyl (C=O) groups excluding carboxylic acids is 1. The molecule has 1 amide bonds. The molecule has 0 fully saturated rings. The van der Waals surface area contributed by atoms with Gasteiger partial charge in [0.25, 0.3) is 0 Å². The second kappa shape index (κ2) is 11.0. The monoisotopic (exact) mass is 299 g/mol. The van der Waals surface area contributed by atoms with Crippen LogP contribution >= 0.6 is 0 Å². The molecule has 0 bridgehead atoms. The lowest BCUT2D eigenvalue weighted by atomic mass is 10.0. The lowest BCUT2D eigenvalue weighted by molar-refractivity contribution is -0.122. The van der Waals surface area contributed by atoms with Crippen molar-refractivity contribution in [2.24, 2.45) is 17.6 Å². The third-order valence-corrected chi connectivity index (χ3v) is 3.94. The summed E-state index contributed by atoms with van der Waals surface area (Å²) in [5, 5.41) is 3.08. The van der Waals surface area contributed by atoms with E-state index in [1.165, 1.54) is 12.8 Å². The highest BCUT2D eigenvalue weighted by atomic mass is 16.2. The van der Waals surface area contributed by atoms with Crippen molar-refractivity contribution in [3.05, 3.63) is 0 Å². The van der Waals surface area contributed by atoms with E-state index in [0.717, 1.165) is 25.3 Å². The van der Waals surface area contributed by atoms with E-state index in [1.54, 1.807) is 0 Å². The largest absolute Gasteiger partial charge is 0.353 e. The summed E-state index contributed by atoms with van der Waals surface area (Å²) < 4.78 is 0. The first-order valence-corrected chi connectivity index (χ1v) is 8.45. The van der Waals surface area contributed by atoms with Gasteiger partial charge in [-0.1, -0.05) is 40.5 Å². The van der Waals surface area contributed by atoms with Gasteiger partial charge in [-0.25, -0.2) is 0 Å². The first kappa shape index (κ1) is 20.4. The van der Waals surface area contributed by atoms with Crippen molar-refractivity contribution in [2.45, 2.75) is 72.4 Å². The number of hydrogen-bond acceptors (Lipinski definition) is 3. The molecule has 126 valence electrons. The van der Waals surface area contributed by atoms with Crippen LogP contribution in [-0.2, 0) is 4.79 Å². The standard InChI is InChI=1S/C17H37N3O/c1-13(2)8-7-9-15(5)19-17(21)12-20(6)11-10-16(18)14(3)4/h13-16H,7-12,18H2,1-6H3,(H,19,21). The van der Waals surface area contributed by atoms with Crippen LogP contribution in [0.2, 0.25) is 0 Å². The molecule has 4 nitrogen and oxygen atoms in total. The van der Waals surface area contributed by atoms with Crippen molar-refractivity contribution < 1.29 is 4.79 Å². The second-order valence-corrected chi connectivity index (χ2v) is 7.23. The van der Waals surface area contributed by atoms with Gasteiger partial charge in [0.15, 0.2) is 0 Å². The maximum Gasteiger partial charge on any atom is 0.234 e. The number of hydrogen-bond donors (Lipinski definition) is 2. The van der Waals surface area contributed by atoms with Crippen molar-refractivity contribution in [1.82, 2.24) is 10.2 Å². The van der Waals surface area contributed by atoms with Crippen LogP contribution in [0.15, 0.2) is 0 Å². The molecule has 0 aliphatic rings. The molecule has 0 radical (unpaired) electrons. The van der Waals surface area contributed by atoms with Gasteiger partial charge in [0.2, 0.25) is 5.91 Å². The average molecular weight is 300 g/mol. The first-order chi connectivity index (χ1) is 9.72. The van der Waals surface area contributed by atoms with Crippen molar-refractivity contribution in [3.8, 4) is 0 Å². The molecule has 0 aromatic heterocycles. The van der Waals surface area contributed by atoms with Gasteiger partial charge in [-0.15, -0.1) is 0 Å². The highest BCUT2D eigenvalue weighted by Gasteiger charge is 2.12. The van der Waals surface area contributed by atoms with Gasteiger partial charge in [0, 0.05) is 12.1 Å². The Bertz CT molecular complexity index is 279. The van der Waals surface area contributed by atoms with E-state index < -0.39 is 0 Å². The summed E-state index contributed by atoms with van der Waals surface area (Å²) >= 11 is 0. The van der Waals surface area contributed by atoms with Crippen LogP contribution in [0.1, 0.15) is 60.3 Å². The molecule has 2 atom stereocenters. The van der Waals surface area contributed by atoms with Crippen LogP contribution in [0.3, 0.4) is 0 Å². The zero-order chi connectivity index (χ0) is 16.4. The predicted molar refractivity (Wildman–Crippen MR) is 91.2 cm³/mol. The van der Waals surface area contributed by atoms with E-state index in [4.69, 9.17) is 5.73 Å². The minimum absolute atomic E-state index is 0.118. The van der Waals surface area contributed by atoms with Crippen LogP contribution in [-0.4, -0.2) is 43.0 Å². The SMILES string of the molecule is CC(C)CCCC(C)NC(=O)CN(C)CCC(N)C(C)C. The lowest BCUT2D eigenvalue weighted by Crippen LogP contribution is -2.41. The summed E-state index contributed by atoms with van der Waals surface area (Å²) in [7, 11) is 1.98. The number of rotatable bonds is 11. The molecule has 0 aromatic rings. The molecule has 0 saturated heterocycles. The van der Waals surface area contributed by atoms with Crippen LogP contribution in [0.25, 0.3) is 0 Å². The lowest BCUT2D eigenvalue weighted by Gasteiger charge is -2.22. The van der Waals surface area contributed by atoms with E-state index in [0.29, 0.717) is 12.5 Å². The van der Waals surface area contributed by atoms with Crippen molar-refractivity contribution in [2.75, 3.05) is 20.1 Å². The van der Waals surface area contributed by atoms with Gasteiger partial charge in [-0.2, -0.15) is 0 Å². The van der Waals surface area contributed by atoms with Gasteiger partial charge >= 0.3 is 0 Å². The summed E-state index contributed by atoms with van der Waals surface area (Å²) in [6.45, 7) is 12.2. The maximum absolute atomic E-state index is 12.0. The summed E-state index contributed by atoms with van der Waals surface area (Å²) in [6, 6.07) is 0.480. The average Bonchev–Trinajstić information content (AvgIpc) is 2.34. The number of likely N-dealkylation sites (N-methyl/N-ethyl adjacent to an activating group) is 1. The molecule has 2 unspecified atom stereocenters. The third kappa shape index (κ3) is 11.7. The van der Waals surface area contributed by atoms with Crippen molar-refractivity contribution in [1.29, 1.82) is 0 Å². The summed E-state index contributed by atoms with van der Waals surface area (Å²) in [5.41, 5.74) is 6.03. The van der Waals surface area contributed by atoms with Gasteiger partial charge in [0.1, 0.15) is 0 Å². The summed E-state index contributed by atoms with van der Waals surface area (Å²) in [5.74, 6) is 1.35. The van der Waals surface area contributed by atoms with E-state index in [2.05, 4.69) is 44.8 Å². The van der Waals surface area contributed by atoms with Gasteiger partial charge < -0.3 is 11.1 Å². The zero-order valence-corrected chi connectivity index (χ0v) is 15.0. The second-order valence-electron chi connectivity index (χ2n) is 7.23. The Hall–Kier alpha value is -0.610. The highest BCUT2D eigenvalue weighted by Crippen LogP contribution is 2.08. The third-order valence-electron chi connectivity index (χ3n) is 3.94. The van der Waals surface area contributed by atoms with E-state index >= 15 is 0 Å². The van der Waals surface area contributed by atoms with Crippen molar-refractivity contribution >= 4 is 5.91 Å². The fourth-order valence-electron chi connectivity index (χ4n) is 2.25. The molecule has 0 rings (SSSR count). The number of nitrogens with one attached hydrogen (secondary N) is 1. The first-order valence-electron chi connectivity index (χ1n) is 8.45. The zero-order valence-electron chi connectivity index (χ0n) is 15.0. The fraction of sp³-hybridized carbons (Fsp3) is 0.941. The molecular weight excluding hydrogens is 262 g/mol.